The van der Waals surface area contributed by atoms with E-state index in [4.69, 9.17) is 9.47 Å². The first-order valence-electron chi connectivity index (χ1n) is 11.1. The summed E-state index contributed by atoms with van der Waals surface area (Å²) in [7, 11) is 1.71. The van der Waals surface area contributed by atoms with Gasteiger partial charge in [-0.1, -0.05) is 6.07 Å². The number of anilines is 1. The third-order valence-corrected chi connectivity index (χ3v) is 7.11. The summed E-state index contributed by atoms with van der Waals surface area (Å²) in [6.07, 6.45) is 3.92. The Morgan fingerprint density at radius 2 is 1.97 bits per heavy atom. The maximum Gasteiger partial charge on any atom is 0.161 e. The molecule has 6 heteroatoms. The lowest BCUT2D eigenvalue weighted by atomic mass is 10.0. The molecule has 0 radical (unpaired) electrons. The molecule has 2 aliphatic heterocycles. The van der Waals surface area contributed by atoms with Crippen LogP contribution in [-0.4, -0.2) is 64.1 Å². The van der Waals surface area contributed by atoms with Gasteiger partial charge < -0.3 is 14.4 Å². The number of aliphatic imine (C=N–C) groups is 1. The lowest BCUT2D eigenvalue weighted by Gasteiger charge is -2.36. The highest BCUT2D eigenvalue weighted by Gasteiger charge is 2.19. The second-order valence-corrected chi connectivity index (χ2v) is 9.08. The summed E-state index contributed by atoms with van der Waals surface area (Å²) >= 11 is 1.82. The van der Waals surface area contributed by atoms with Gasteiger partial charge in [-0.3, -0.25) is 9.89 Å². The van der Waals surface area contributed by atoms with Crippen LogP contribution >= 0.6 is 11.3 Å². The van der Waals surface area contributed by atoms with Gasteiger partial charge in [-0.15, -0.1) is 11.3 Å². The van der Waals surface area contributed by atoms with Crippen molar-refractivity contribution in [2.45, 2.75) is 12.8 Å². The predicted molar refractivity (Wildman–Crippen MR) is 130 cm³/mol. The van der Waals surface area contributed by atoms with Crippen LogP contribution in [0, 0.1) is 0 Å². The number of fused-ring (bicyclic) bond motifs is 2. The van der Waals surface area contributed by atoms with Gasteiger partial charge in [0.15, 0.2) is 11.5 Å². The summed E-state index contributed by atoms with van der Waals surface area (Å²) in [6.45, 7) is 6.96. The minimum absolute atomic E-state index is 0.695. The van der Waals surface area contributed by atoms with Gasteiger partial charge in [-0.05, 0) is 59.7 Å². The van der Waals surface area contributed by atoms with Gasteiger partial charge >= 0.3 is 0 Å². The molecule has 31 heavy (non-hydrogen) atoms. The molecule has 5 rings (SSSR count). The number of benzene rings is 2. The van der Waals surface area contributed by atoms with E-state index in [0.29, 0.717) is 6.61 Å². The van der Waals surface area contributed by atoms with Gasteiger partial charge in [-0.25, -0.2) is 0 Å². The Balaban J connectivity index is 1.11. The quantitative estimate of drug-likeness (QED) is 0.513. The molecule has 2 aromatic carbocycles. The number of nitrogens with zero attached hydrogens (tertiary/aromatic N) is 3. The zero-order chi connectivity index (χ0) is 21.0. The topological polar surface area (TPSA) is 37.3 Å². The molecule has 0 N–H and O–H groups in total. The van der Waals surface area contributed by atoms with Crippen LogP contribution in [0.1, 0.15) is 17.5 Å². The molecule has 0 amide bonds. The Bertz CT molecular complexity index is 1070. The minimum Gasteiger partial charge on any atom is -0.493 e. The molecule has 0 atom stereocenters. The van der Waals surface area contributed by atoms with E-state index in [1.807, 2.05) is 17.6 Å². The molecule has 0 saturated carbocycles. The normalized spacial score (nSPS) is 16.5. The van der Waals surface area contributed by atoms with E-state index in [2.05, 4.69) is 56.6 Å². The van der Waals surface area contributed by atoms with Crippen molar-refractivity contribution in [1.82, 2.24) is 4.90 Å². The number of piperazine rings is 1. The Hall–Kier alpha value is -2.57. The minimum atomic E-state index is 0.695. The van der Waals surface area contributed by atoms with Crippen molar-refractivity contribution in [2.24, 2.45) is 4.99 Å². The predicted octanol–water partition coefficient (Wildman–Crippen LogP) is 4.48. The molecule has 3 aromatic rings. The van der Waals surface area contributed by atoms with Crippen LogP contribution in [0.3, 0.4) is 0 Å². The first-order chi connectivity index (χ1) is 15.3. The standard InChI is InChI=1S/C25H29N3O2S/c1-29-23-16-19-6-8-26-18-20(19)17-24(23)30-14-3-9-27-10-12-28(13-11-27)22-4-2-5-25-21(22)7-15-31-25/h2,4-5,7,15-18H,3,6,8-14H2,1H3. The van der Waals surface area contributed by atoms with Gasteiger partial charge in [0.1, 0.15) is 0 Å². The number of hydrogen-bond acceptors (Lipinski definition) is 6. The van der Waals surface area contributed by atoms with Crippen LogP contribution in [0.4, 0.5) is 5.69 Å². The van der Waals surface area contributed by atoms with Crippen LogP contribution in [0.25, 0.3) is 10.1 Å². The molecule has 0 spiro atoms. The highest BCUT2D eigenvalue weighted by atomic mass is 32.1. The number of ether oxygens (including phenoxy) is 2. The van der Waals surface area contributed by atoms with Crippen molar-refractivity contribution in [3.8, 4) is 11.5 Å². The van der Waals surface area contributed by atoms with E-state index >= 15 is 0 Å². The molecule has 1 aromatic heterocycles. The smallest absolute Gasteiger partial charge is 0.161 e. The Morgan fingerprint density at radius 1 is 1.06 bits per heavy atom. The second kappa shape index (κ2) is 9.28. The highest BCUT2D eigenvalue weighted by molar-refractivity contribution is 7.17. The van der Waals surface area contributed by atoms with E-state index in [9.17, 15) is 0 Å². The van der Waals surface area contributed by atoms with Gasteiger partial charge in [0.05, 0.1) is 13.7 Å². The molecule has 1 fully saturated rings. The van der Waals surface area contributed by atoms with Crippen LogP contribution in [0.15, 0.2) is 46.8 Å². The Labute approximate surface area is 187 Å². The van der Waals surface area contributed by atoms with Crippen molar-refractivity contribution in [3.63, 3.8) is 0 Å². The number of rotatable bonds is 7. The van der Waals surface area contributed by atoms with Crippen molar-refractivity contribution in [1.29, 1.82) is 0 Å². The summed E-state index contributed by atoms with van der Waals surface area (Å²) in [4.78, 5) is 9.46. The molecule has 2 aliphatic rings. The number of hydrogen-bond donors (Lipinski definition) is 0. The number of thiophene rings is 1. The van der Waals surface area contributed by atoms with Crippen LogP contribution in [-0.2, 0) is 6.42 Å². The van der Waals surface area contributed by atoms with E-state index in [-0.39, 0.29) is 0 Å². The zero-order valence-corrected chi connectivity index (χ0v) is 18.9. The first kappa shape index (κ1) is 20.3. The SMILES string of the molecule is COc1cc2c(cc1OCCCN1CCN(c3cccc4sccc34)CC1)C=NCC2. The lowest BCUT2D eigenvalue weighted by molar-refractivity contribution is 0.221. The first-order valence-corrected chi connectivity index (χ1v) is 12.0. The third-order valence-electron chi connectivity index (χ3n) is 6.23. The van der Waals surface area contributed by atoms with E-state index in [1.165, 1.54) is 21.3 Å². The molecule has 162 valence electrons. The van der Waals surface area contributed by atoms with Crippen LogP contribution in [0.5, 0.6) is 11.5 Å². The molecule has 0 bridgehead atoms. The molecule has 0 unspecified atom stereocenters. The monoisotopic (exact) mass is 435 g/mol. The number of methoxy groups -OCH3 is 1. The summed E-state index contributed by atoms with van der Waals surface area (Å²) in [6, 6.07) is 13.1. The van der Waals surface area contributed by atoms with Crippen molar-refractivity contribution in [2.75, 3.05) is 57.9 Å². The van der Waals surface area contributed by atoms with E-state index < -0.39 is 0 Å². The summed E-state index contributed by atoms with van der Waals surface area (Å²) < 4.78 is 13.0. The second-order valence-electron chi connectivity index (χ2n) is 8.13. The maximum atomic E-state index is 6.09. The molecular formula is C25H29N3O2S. The van der Waals surface area contributed by atoms with Crippen molar-refractivity contribution >= 4 is 33.3 Å². The van der Waals surface area contributed by atoms with Gasteiger partial charge in [-0.2, -0.15) is 0 Å². The maximum absolute atomic E-state index is 6.09. The molecule has 5 nitrogen and oxygen atoms in total. The summed E-state index contributed by atoms with van der Waals surface area (Å²) in [5.41, 5.74) is 3.82. The average molecular weight is 436 g/mol. The Morgan fingerprint density at radius 3 is 2.84 bits per heavy atom. The lowest BCUT2D eigenvalue weighted by Crippen LogP contribution is -2.46. The molecule has 0 aliphatic carbocycles. The van der Waals surface area contributed by atoms with Gasteiger partial charge in [0.25, 0.3) is 0 Å². The largest absolute Gasteiger partial charge is 0.493 e. The third kappa shape index (κ3) is 4.41. The highest BCUT2D eigenvalue weighted by Crippen LogP contribution is 2.32. The Kier molecular flexibility index (Phi) is 6.09. The molecular weight excluding hydrogens is 406 g/mol. The summed E-state index contributed by atoms with van der Waals surface area (Å²) in [5.74, 6) is 1.65. The van der Waals surface area contributed by atoms with Gasteiger partial charge in [0.2, 0.25) is 0 Å². The van der Waals surface area contributed by atoms with Gasteiger partial charge in [0, 0.05) is 61.3 Å². The fraction of sp³-hybridized carbons (Fsp3) is 0.400. The van der Waals surface area contributed by atoms with Crippen LogP contribution in [0.2, 0.25) is 0 Å². The molecule has 3 heterocycles. The fourth-order valence-corrected chi connectivity index (χ4v) is 5.32. The van der Waals surface area contributed by atoms with E-state index in [1.54, 1.807) is 7.11 Å². The average Bonchev–Trinajstić information content (AvgIpc) is 3.31. The van der Waals surface area contributed by atoms with E-state index in [0.717, 1.165) is 69.2 Å². The molecule has 1 saturated heterocycles. The fourth-order valence-electron chi connectivity index (χ4n) is 4.51. The summed E-state index contributed by atoms with van der Waals surface area (Å²) in [5, 5.41) is 3.58. The van der Waals surface area contributed by atoms with Crippen LogP contribution < -0.4 is 14.4 Å². The van der Waals surface area contributed by atoms with Crippen molar-refractivity contribution < 1.29 is 9.47 Å². The zero-order valence-electron chi connectivity index (χ0n) is 18.0. The van der Waals surface area contributed by atoms with Crippen molar-refractivity contribution in [3.05, 3.63) is 52.9 Å².